The normalized spacial score (nSPS) is 29.6. The minimum absolute atomic E-state index is 0.0120. The van der Waals surface area contributed by atoms with E-state index in [0.29, 0.717) is 6.42 Å². The van der Waals surface area contributed by atoms with E-state index in [1.54, 1.807) is 12.1 Å². The van der Waals surface area contributed by atoms with E-state index in [-0.39, 0.29) is 18.3 Å². The van der Waals surface area contributed by atoms with E-state index >= 15 is 0 Å². The second-order valence-corrected chi connectivity index (χ2v) is 3.67. The summed E-state index contributed by atoms with van der Waals surface area (Å²) in [6.45, 7) is 0.0188. The first-order valence-electron chi connectivity index (χ1n) is 4.51. The lowest BCUT2D eigenvalue weighted by molar-refractivity contribution is 0.269. The van der Waals surface area contributed by atoms with Crippen LogP contribution in [0.5, 0.6) is 0 Å². The lowest BCUT2D eigenvalue weighted by atomic mass is 9.95. The highest BCUT2D eigenvalue weighted by Gasteiger charge is 2.55. The van der Waals surface area contributed by atoms with Crippen molar-refractivity contribution in [2.24, 2.45) is 5.92 Å². The Morgan fingerprint density at radius 1 is 1.50 bits per heavy atom. The SMILES string of the molecule is N#CC1(c2ccc(F)cc2)CC1CO. The Morgan fingerprint density at radius 3 is 2.57 bits per heavy atom. The summed E-state index contributed by atoms with van der Waals surface area (Å²) < 4.78 is 12.6. The van der Waals surface area contributed by atoms with Gasteiger partial charge in [-0.2, -0.15) is 5.26 Å². The molecule has 2 unspecified atom stereocenters. The van der Waals surface area contributed by atoms with Crippen molar-refractivity contribution in [2.45, 2.75) is 11.8 Å². The summed E-state index contributed by atoms with van der Waals surface area (Å²) in [7, 11) is 0. The van der Waals surface area contributed by atoms with Gasteiger partial charge in [-0.25, -0.2) is 4.39 Å². The molecule has 1 saturated carbocycles. The number of aliphatic hydroxyl groups is 1. The Labute approximate surface area is 81.6 Å². The fourth-order valence-electron chi connectivity index (χ4n) is 1.85. The molecule has 14 heavy (non-hydrogen) atoms. The predicted molar refractivity (Wildman–Crippen MR) is 48.9 cm³/mol. The third kappa shape index (κ3) is 1.19. The summed E-state index contributed by atoms with van der Waals surface area (Å²) >= 11 is 0. The van der Waals surface area contributed by atoms with Gasteiger partial charge < -0.3 is 5.11 Å². The fourth-order valence-corrected chi connectivity index (χ4v) is 1.85. The molecule has 0 saturated heterocycles. The van der Waals surface area contributed by atoms with Crippen molar-refractivity contribution in [2.75, 3.05) is 6.61 Å². The largest absolute Gasteiger partial charge is 0.396 e. The van der Waals surface area contributed by atoms with Gasteiger partial charge in [0.2, 0.25) is 0 Å². The van der Waals surface area contributed by atoms with Crippen LogP contribution in [0.2, 0.25) is 0 Å². The number of hydrogen-bond donors (Lipinski definition) is 1. The number of benzene rings is 1. The van der Waals surface area contributed by atoms with Crippen LogP contribution >= 0.6 is 0 Å². The highest BCUT2D eigenvalue weighted by molar-refractivity contribution is 5.41. The highest BCUT2D eigenvalue weighted by Crippen LogP contribution is 2.53. The van der Waals surface area contributed by atoms with Gasteiger partial charge in [0, 0.05) is 12.5 Å². The molecule has 72 valence electrons. The molecule has 1 N–H and O–H groups in total. The minimum Gasteiger partial charge on any atom is -0.396 e. The lowest BCUT2D eigenvalue weighted by Gasteiger charge is -2.07. The Hall–Kier alpha value is -1.40. The van der Waals surface area contributed by atoms with E-state index in [1.807, 2.05) is 0 Å². The maximum Gasteiger partial charge on any atom is 0.123 e. The second kappa shape index (κ2) is 3.07. The molecular weight excluding hydrogens is 181 g/mol. The van der Waals surface area contributed by atoms with Gasteiger partial charge in [-0.3, -0.25) is 0 Å². The monoisotopic (exact) mass is 191 g/mol. The molecule has 0 amide bonds. The number of hydrogen-bond acceptors (Lipinski definition) is 2. The summed E-state index contributed by atoms with van der Waals surface area (Å²) in [4.78, 5) is 0. The van der Waals surface area contributed by atoms with Crippen molar-refractivity contribution in [3.63, 3.8) is 0 Å². The van der Waals surface area contributed by atoms with Crippen LogP contribution in [0.3, 0.4) is 0 Å². The topological polar surface area (TPSA) is 44.0 Å². The van der Waals surface area contributed by atoms with Crippen LogP contribution in [0.1, 0.15) is 12.0 Å². The standard InChI is InChI=1S/C11H10FNO/c12-10-3-1-8(2-4-10)11(7-13)5-9(11)6-14/h1-4,9,14H,5-6H2. The molecule has 0 radical (unpaired) electrons. The van der Waals surface area contributed by atoms with Crippen LogP contribution in [0, 0.1) is 23.1 Å². The first-order valence-corrected chi connectivity index (χ1v) is 4.51. The molecule has 0 heterocycles. The van der Waals surface area contributed by atoms with E-state index in [4.69, 9.17) is 10.4 Å². The molecule has 2 nitrogen and oxygen atoms in total. The Morgan fingerprint density at radius 2 is 2.14 bits per heavy atom. The van der Waals surface area contributed by atoms with Crippen molar-refractivity contribution in [1.29, 1.82) is 5.26 Å². The Kier molecular flexibility index (Phi) is 2.01. The minimum atomic E-state index is -0.567. The van der Waals surface area contributed by atoms with Crippen molar-refractivity contribution >= 4 is 0 Å². The molecule has 1 fully saturated rings. The first-order chi connectivity index (χ1) is 6.73. The molecule has 1 aromatic rings. The molecule has 1 aliphatic carbocycles. The number of nitriles is 1. The zero-order chi connectivity index (χ0) is 10.2. The van der Waals surface area contributed by atoms with Gasteiger partial charge in [-0.15, -0.1) is 0 Å². The van der Waals surface area contributed by atoms with Crippen molar-refractivity contribution in [3.8, 4) is 6.07 Å². The van der Waals surface area contributed by atoms with Crippen LogP contribution in [0.15, 0.2) is 24.3 Å². The molecule has 0 spiro atoms. The summed E-state index contributed by atoms with van der Waals surface area (Å²) in [5.74, 6) is -0.291. The van der Waals surface area contributed by atoms with Gasteiger partial charge in [0.05, 0.1) is 11.5 Å². The van der Waals surface area contributed by atoms with E-state index in [2.05, 4.69) is 6.07 Å². The van der Waals surface area contributed by atoms with Crippen molar-refractivity contribution < 1.29 is 9.50 Å². The van der Waals surface area contributed by atoms with Crippen LogP contribution in [0.4, 0.5) is 4.39 Å². The number of nitrogens with zero attached hydrogens (tertiary/aromatic N) is 1. The number of aliphatic hydroxyl groups excluding tert-OH is 1. The third-order valence-corrected chi connectivity index (χ3v) is 2.88. The average Bonchev–Trinajstić information content (AvgIpc) is 2.94. The van der Waals surface area contributed by atoms with E-state index in [9.17, 15) is 4.39 Å². The molecular formula is C11H10FNO. The summed E-state index contributed by atoms with van der Waals surface area (Å²) in [6, 6.07) is 8.14. The van der Waals surface area contributed by atoms with Crippen molar-refractivity contribution in [3.05, 3.63) is 35.6 Å². The third-order valence-electron chi connectivity index (χ3n) is 2.88. The predicted octanol–water partition coefficient (Wildman–Crippen LogP) is 1.60. The summed E-state index contributed by atoms with van der Waals surface area (Å²) in [5, 5.41) is 18.0. The smallest absolute Gasteiger partial charge is 0.123 e. The number of halogens is 1. The van der Waals surface area contributed by atoms with Crippen LogP contribution in [-0.2, 0) is 5.41 Å². The molecule has 2 rings (SSSR count). The molecule has 0 aromatic heterocycles. The van der Waals surface area contributed by atoms with Crippen molar-refractivity contribution in [1.82, 2.24) is 0 Å². The maximum atomic E-state index is 12.6. The molecule has 0 aliphatic heterocycles. The molecule has 3 heteroatoms. The maximum absolute atomic E-state index is 12.6. The second-order valence-electron chi connectivity index (χ2n) is 3.67. The fraction of sp³-hybridized carbons (Fsp3) is 0.364. The molecule has 1 aliphatic rings. The lowest BCUT2D eigenvalue weighted by Crippen LogP contribution is -2.08. The Bertz CT molecular complexity index is 381. The summed E-state index contributed by atoms with van der Waals surface area (Å²) in [5.41, 5.74) is 0.239. The van der Waals surface area contributed by atoms with Gasteiger partial charge in [0.15, 0.2) is 0 Å². The van der Waals surface area contributed by atoms with Gasteiger partial charge >= 0.3 is 0 Å². The van der Waals surface area contributed by atoms with E-state index in [1.165, 1.54) is 12.1 Å². The average molecular weight is 191 g/mol. The van der Waals surface area contributed by atoms with Gasteiger partial charge in [0.25, 0.3) is 0 Å². The molecule has 2 atom stereocenters. The van der Waals surface area contributed by atoms with E-state index in [0.717, 1.165) is 5.56 Å². The number of rotatable bonds is 2. The zero-order valence-corrected chi connectivity index (χ0v) is 7.57. The molecule has 0 bridgehead atoms. The van der Waals surface area contributed by atoms with Gasteiger partial charge in [-0.05, 0) is 24.1 Å². The van der Waals surface area contributed by atoms with Gasteiger partial charge in [-0.1, -0.05) is 12.1 Å². The molecule has 1 aromatic carbocycles. The highest BCUT2D eigenvalue weighted by atomic mass is 19.1. The summed E-state index contributed by atoms with van der Waals surface area (Å²) in [6.07, 6.45) is 0.672. The van der Waals surface area contributed by atoms with Crippen LogP contribution in [0.25, 0.3) is 0 Å². The Balaban J connectivity index is 2.32. The zero-order valence-electron chi connectivity index (χ0n) is 7.57. The van der Waals surface area contributed by atoms with Crippen LogP contribution < -0.4 is 0 Å². The first kappa shape index (κ1) is 9.17. The van der Waals surface area contributed by atoms with Crippen LogP contribution in [-0.4, -0.2) is 11.7 Å². The quantitative estimate of drug-likeness (QED) is 0.771. The van der Waals surface area contributed by atoms with Gasteiger partial charge in [0.1, 0.15) is 5.82 Å². The van der Waals surface area contributed by atoms with E-state index < -0.39 is 5.41 Å².